The Bertz CT molecular complexity index is 481. The van der Waals surface area contributed by atoms with Crippen LogP contribution in [0.25, 0.3) is 0 Å². The lowest BCUT2D eigenvalue weighted by Crippen LogP contribution is -2.47. The van der Waals surface area contributed by atoms with Gasteiger partial charge in [0.2, 0.25) is 0 Å². The third-order valence-electron chi connectivity index (χ3n) is 3.83. The van der Waals surface area contributed by atoms with Crippen molar-refractivity contribution in [2.24, 2.45) is 0 Å². The summed E-state index contributed by atoms with van der Waals surface area (Å²) in [5, 5.41) is 14.6. The first-order valence-electron chi connectivity index (χ1n) is 7.41. The number of hydrogen-bond donors (Lipinski definition) is 1. The number of nitrogens with zero attached hydrogens (tertiary/aromatic N) is 2. The molecule has 1 aromatic carbocycles. The molecule has 2 unspecified atom stereocenters. The molecule has 1 saturated heterocycles. The average Bonchev–Trinajstić information content (AvgIpc) is 2.48. The van der Waals surface area contributed by atoms with Crippen molar-refractivity contribution in [2.75, 3.05) is 33.3 Å². The summed E-state index contributed by atoms with van der Waals surface area (Å²) < 4.78 is 5.87. The second-order valence-corrected chi connectivity index (χ2v) is 5.35. The zero-order valence-electron chi connectivity index (χ0n) is 12.6. The molecule has 1 heterocycles. The lowest BCUT2D eigenvalue weighted by molar-refractivity contribution is -0.386. The van der Waals surface area contributed by atoms with E-state index in [1.54, 1.807) is 12.1 Å². The number of morpholine rings is 1. The smallest absolute Gasteiger partial charge is 0.274 e. The van der Waals surface area contributed by atoms with E-state index in [2.05, 4.69) is 17.1 Å². The molecule has 0 aliphatic carbocycles. The van der Waals surface area contributed by atoms with Crippen LogP contribution in [0, 0.1) is 10.1 Å². The third kappa shape index (κ3) is 3.78. The van der Waals surface area contributed by atoms with Crippen LogP contribution < -0.4 is 5.32 Å². The number of benzene rings is 1. The molecule has 1 aliphatic heterocycles. The molecule has 0 aromatic heterocycles. The van der Waals surface area contributed by atoms with Gasteiger partial charge in [-0.15, -0.1) is 0 Å². The van der Waals surface area contributed by atoms with E-state index in [-0.39, 0.29) is 22.8 Å². The summed E-state index contributed by atoms with van der Waals surface area (Å²) >= 11 is 0. The van der Waals surface area contributed by atoms with Crippen LogP contribution in [0.2, 0.25) is 0 Å². The van der Waals surface area contributed by atoms with Crippen molar-refractivity contribution in [1.82, 2.24) is 10.2 Å². The fraction of sp³-hybridized carbons (Fsp3) is 0.600. The number of nitrogens with one attached hydrogen (secondary N) is 1. The van der Waals surface area contributed by atoms with Crippen molar-refractivity contribution in [3.05, 3.63) is 39.9 Å². The van der Waals surface area contributed by atoms with Gasteiger partial charge in [-0.2, -0.15) is 0 Å². The summed E-state index contributed by atoms with van der Waals surface area (Å²) in [7, 11) is 2.00. The highest BCUT2D eigenvalue weighted by Gasteiger charge is 2.35. The maximum Gasteiger partial charge on any atom is 0.274 e. The minimum absolute atomic E-state index is 0.0728. The Morgan fingerprint density at radius 1 is 1.48 bits per heavy atom. The zero-order chi connectivity index (χ0) is 15.2. The normalized spacial score (nSPS) is 23.1. The second-order valence-electron chi connectivity index (χ2n) is 5.35. The quantitative estimate of drug-likeness (QED) is 0.493. The van der Waals surface area contributed by atoms with Crippen LogP contribution in [0.3, 0.4) is 0 Å². The van der Waals surface area contributed by atoms with Crippen LogP contribution in [0.1, 0.15) is 24.9 Å². The Hall–Kier alpha value is -1.50. The largest absolute Gasteiger partial charge is 0.374 e. The SMILES string of the molecule is CCCNCC1OCCN(C)C1c1ccccc1[N+](=O)[O-]. The van der Waals surface area contributed by atoms with Gasteiger partial charge in [-0.05, 0) is 20.0 Å². The van der Waals surface area contributed by atoms with Crippen LogP contribution in [0.4, 0.5) is 5.69 Å². The maximum atomic E-state index is 11.3. The van der Waals surface area contributed by atoms with Gasteiger partial charge in [0.05, 0.1) is 23.7 Å². The van der Waals surface area contributed by atoms with Gasteiger partial charge < -0.3 is 10.1 Å². The molecule has 116 valence electrons. The molecule has 0 spiro atoms. The van der Waals surface area contributed by atoms with Gasteiger partial charge in [0, 0.05) is 24.7 Å². The van der Waals surface area contributed by atoms with Gasteiger partial charge in [-0.1, -0.05) is 25.1 Å². The van der Waals surface area contributed by atoms with Crippen LogP contribution >= 0.6 is 0 Å². The highest BCUT2D eigenvalue weighted by Crippen LogP contribution is 2.33. The molecule has 0 amide bonds. The molecule has 6 heteroatoms. The van der Waals surface area contributed by atoms with Crippen LogP contribution in [0.5, 0.6) is 0 Å². The van der Waals surface area contributed by atoms with Crippen LogP contribution in [-0.4, -0.2) is 49.2 Å². The number of hydrogen-bond acceptors (Lipinski definition) is 5. The van der Waals surface area contributed by atoms with E-state index >= 15 is 0 Å². The van der Waals surface area contributed by atoms with E-state index in [1.807, 2.05) is 19.2 Å². The fourth-order valence-corrected chi connectivity index (χ4v) is 2.80. The molecular weight excluding hydrogens is 270 g/mol. The predicted octanol–water partition coefficient (Wildman–Crippen LogP) is 1.97. The van der Waals surface area contributed by atoms with Crippen LogP contribution in [0.15, 0.2) is 24.3 Å². The highest BCUT2D eigenvalue weighted by atomic mass is 16.6. The lowest BCUT2D eigenvalue weighted by Gasteiger charge is -2.39. The Morgan fingerprint density at radius 2 is 2.24 bits per heavy atom. The summed E-state index contributed by atoms with van der Waals surface area (Å²) in [6.45, 7) is 5.18. The number of para-hydroxylation sites is 1. The molecule has 1 fully saturated rings. The van der Waals surface area contributed by atoms with Gasteiger partial charge in [0.25, 0.3) is 5.69 Å². The van der Waals surface area contributed by atoms with E-state index in [4.69, 9.17) is 4.74 Å². The lowest BCUT2D eigenvalue weighted by atomic mass is 9.96. The molecule has 1 aromatic rings. The van der Waals surface area contributed by atoms with Gasteiger partial charge in [0.1, 0.15) is 0 Å². The third-order valence-corrected chi connectivity index (χ3v) is 3.83. The van der Waals surface area contributed by atoms with Crippen molar-refractivity contribution in [2.45, 2.75) is 25.5 Å². The van der Waals surface area contributed by atoms with Gasteiger partial charge in [-0.3, -0.25) is 15.0 Å². The average molecular weight is 293 g/mol. The number of rotatable bonds is 6. The van der Waals surface area contributed by atoms with E-state index in [0.29, 0.717) is 13.2 Å². The van der Waals surface area contributed by atoms with E-state index < -0.39 is 0 Å². The van der Waals surface area contributed by atoms with Crippen molar-refractivity contribution >= 4 is 5.69 Å². The number of likely N-dealkylation sites (N-methyl/N-ethyl adjacent to an activating group) is 1. The Labute approximate surface area is 125 Å². The van der Waals surface area contributed by atoms with E-state index in [1.165, 1.54) is 0 Å². The summed E-state index contributed by atoms with van der Waals surface area (Å²) in [6, 6.07) is 6.86. The molecule has 2 rings (SSSR count). The first kappa shape index (κ1) is 15.9. The van der Waals surface area contributed by atoms with Gasteiger partial charge >= 0.3 is 0 Å². The fourth-order valence-electron chi connectivity index (χ4n) is 2.80. The first-order valence-corrected chi connectivity index (χ1v) is 7.41. The van der Waals surface area contributed by atoms with Crippen molar-refractivity contribution in [1.29, 1.82) is 0 Å². The monoisotopic (exact) mass is 293 g/mol. The Balaban J connectivity index is 2.25. The summed E-state index contributed by atoms with van der Waals surface area (Å²) in [5.41, 5.74) is 0.897. The summed E-state index contributed by atoms with van der Waals surface area (Å²) in [5.74, 6) is 0. The van der Waals surface area contributed by atoms with Crippen molar-refractivity contribution < 1.29 is 9.66 Å². The van der Waals surface area contributed by atoms with E-state index in [9.17, 15) is 10.1 Å². The zero-order valence-corrected chi connectivity index (χ0v) is 12.6. The molecule has 21 heavy (non-hydrogen) atoms. The van der Waals surface area contributed by atoms with E-state index in [0.717, 1.165) is 25.1 Å². The maximum absolute atomic E-state index is 11.3. The second kappa shape index (κ2) is 7.49. The summed E-state index contributed by atoms with van der Waals surface area (Å²) in [6.07, 6.45) is 0.981. The van der Waals surface area contributed by atoms with Crippen molar-refractivity contribution in [3.8, 4) is 0 Å². The first-order chi connectivity index (χ1) is 10.1. The number of nitro benzene ring substituents is 1. The summed E-state index contributed by atoms with van der Waals surface area (Å²) in [4.78, 5) is 13.1. The number of nitro groups is 1. The molecule has 0 radical (unpaired) electrons. The molecule has 0 bridgehead atoms. The molecular formula is C15H23N3O3. The Morgan fingerprint density at radius 3 is 2.95 bits per heavy atom. The minimum Gasteiger partial charge on any atom is -0.374 e. The molecule has 2 atom stereocenters. The topological polar surface area (TPSA) is 67.6 Å². The Kier molecular flexibility index (Phi) is 5.67. The molecule has 1 N–H and O–H groups in total. The predicted molar refractivity (Wildman–Crippen MR) is 81.4 cm³/mol. The minimum atomic E-state index is -0.311. The highest BCUT2D eigenvalue weighted by molar-refractivity contribution is 5.42. The number of ether oxygens (including phenoxy) is 1. The van der Waals surface area contributed by atoms with Crippen molar-refractivity contribution in [3.63, 3.8) is 0 Å². The molecule has 6 nitrogen and oxygen atoms in total. The molecule has 0 saturated carbocycles. The van der Waals surface area contributed by atoms with Gasteiger partial charge in [-0.25, -0.2) is 0 Å². The standard InChI is InChI=1S/C15H23N3O3/c1-3-8-16-11-14-15(17(2)9-10-21-14)12-6-4-5-7-13(12)18(19)20/h4-7,14-16H,3,8-11H2,1-2H3. The molecule has 1 aliphatic rings. The van der Waals surface area contributed by atoms with Gasteiger partial charge in [0.15, 0.2) is 0 Å². The van der Waals surface area contributed by atoms with Crippen LogP contribution in [-0.2, 0) is 4.74 Å².